The standard InChI is InChI=1S/C16H16BrClN2O/c17-13-9-19-16(20-10-13)21-15-7-6-12(8-14(15)18)11-4-2-1-3-5-11/h6-11H,1-5H2. The summed E-state index contributed by atoms with van der Waals surface area (Å²) < 4.78 is 6.44. The highest BCUT2D eigenvalue weighted by atomic mass is 79.9. The fourth-order valence-corrected chi connectivity index (χ4v) is 3.17. The van der Waals surface area contributed by atoms with Crippen molar-refractivity contribution in [1.29, 1.82) is 0 Å². The number of aromatic nitrogens is 2. The monoisotopic (exact) mass is 366 g/mol. The molecule has 0 N–H and O–H groups in total. The summed E-state index contributed by atoms with van der Waals surface area (Å²) in [5, 5.41) is 0.615. The van der Waals surface area contributed by atoms with Gasteiger partial charge in [0.2, 0.25) is 0 Å². The van der Waals surface area contributed by atoms with Crippen LogP contribution in [0.5, 0.6) is 11.8 Å². The zero-order valence-electron chi connectivity index (χ0n) is 11.6. The SMILES string of the molecule is Clc1cc(C2CCCCC2)ccc1Oc1ncc(Br)cn1. The first-order valence-electron chi connectivity index (χ1n) is 7.17. The van der Waals surface area contributed by atoms with Crippen LogP contribution in [-0.4, -0.2) is 9.97 Å². The van der Waals surface area contributed by atoms with Gasteiger partial charge < -0.3 is 4.74 Å². The molecule has 0 aliphatic heterocycles. The van der Waals surface area contributed by atoms with Crippen molar-refractivity contribution in [2.45, 2.75) is 38.0 Å². The molecule has 3 nitrogen and oxygen atoms in total. The van der Waals surface area contributed by atoms with Gasteiger partial charge >= 0.3 is 6.01 Å². The van der Waals surface area contributed by atoms with Gasteiger partial charge in [0.05, 0.1) is 9.50 Å². The Hall–Kier alpha value is -1.13. The van der Waals surface area contributed by atoms with E-state index in [-0.39, 0.29) is 0 Å². The summed E-state index contributed by atoms with van der Waals surface area (Å²) >= 11 is 9.63. The average molecular weight is 368 g/mol. The predicted octanol–water partition coefficient (Wildman–Crippen LogP) is 5.73. The number of nitrogens with zero attached hydrogens (tertiary/aromatic N) is 2. The molecule has 0 spiro atoms. The van der Waals surface area contributed by atoms with Crippen molar-refractivity contribution >= 4 is 27.5 Å². The Morgan fingerprint density at radius 2 is 1.81 bits per heavy atom. The lowest BCUT2D eigenvalue weighted by molar-refractivity contribution is 0.435. The highest BCUT2D eigenvalue weighted by molar-refractivity contribution is 9.10. The Kier molecular flexibility index (Phi) is 4.76. The summed E-state index contributed by atoms with van der Waals surface area (Å²) in [6.45, 7) is 0. The minimum absolute atomic E-state index is 0.297. The lowest BCUT2D eigenvalue weighted by Crippen LogP contribution is -2.04. The smallest absolute Gasteiger partial charge is 0.321 e. The van der Waals surface area contributed by atoms with Crippen molar-refractivity contribution in [3.05, 3.63) is 45.7 Å². The average Bonchev–Trinajstić information content (AvgIpc) is 2.52. The fourth-order valence-electron chi connectivity index (χ4n) is 2.74. The number of rotatable bonds is 3. The Labute approximate surface area is 137 Å². The second-order valence-electron chi connectivity index (χ2n) is 5.31. The van der Waals surface area contributed by atoms with E-state index >= 15 is 0 Å². The predicted molar refractivity (Wildman–Crippen MR) is 87.1 cm³/mol. The van der Waals surface area contributed by atoms with Gasteiger partial charge in [0, 0.05) is 12.4 Å². The third kappa shape index (κ3) is 3.74. The normalized spacial score (nSPS) is 15.9. The van der Waals surface area contributed by atoms with Crippen LogP contribution in [0.3, 0.4) is 0 Å². The molecule has 0 unspecified atom stereocenters. The maximum Gasteiger partial charge on any atom is 0.321 e. The highest BCUT2D eigenvalue weighted by Gasteiger charge is 2.17. The van der Waals surface area contributed by atoms with Crippen LogP contribution in [0.25, 0.3) is 0 Å². The van der Waals surface area contributed by atoms with E-state index in [1.807, 2.05) is 12.1 Å². The van der Waals surface area contributed by atoms with Crippen LogP contribution in [0.15, 0.2) is 35.1 Å². The van der Waals surface area contributed by atoms with Gasteiger partial charge in [0.1, 0.15) is 5.75 Å². The van der Waals surface area contributed by atoms with Crippen LogP contribution in [0.1, 0.15) is 43.6 Å². The molecule has 0 saturated heterocycles. The molecule has 2 aromatic rings. The van der Waals surface area contributed by atoms with Gasteiger partial charge in [-0.1, -0.05) is 36.9 Å². The summed E-state index contributed by atoms with van der Waals surface area (Å²) in [4.78, 5) is 8.18. The molecule has 110 valence electrons. The summed E-state index contributed by atoms with van der Waals surface area (Å²) in [5.74, 6) is 1.23. The van der Waals surface area contributed by atoms with Crippen molar-refractivity contribution in [3.8, 4) is 11.8 Å². The van der Waals surface area contributed by atoms with Crippen LogP contribution in [0, 0.1) is 0 Å². The zero-order chi connectivity index (χ0) is 14.7. The summed E-state index contributed by atoms with van der Waals surface area (Å²) in [5.41, 5.74) is 1.31. The van der Waals surface area contributed by atoms with Crippen molar-refractivity contribution in [1.82, 2.24) is 9.97 Å². The van der Waals surface area contributed by atoms with Gasteiger partial charge in [0.25, 0.3) is 0 Å². The second kappa shape index (κ2) is 6.75. The van der Waals surface area contributed by atoms with Crippen LogP contribution in [0.4, 0.5) is 0 Å². The molecular weight excluding hydrogens is 352 g/mol. The molecule has 21 heavy (non-hydrogen) atoms. The fraction of sp³-hybridized carbons (Fsp3) is 0.375. The number of hydrogen-bond donors (Lipinski definition) is 0. The molecule has 1 aromatic heterocycles. The van der Waals surface area contributed by atoms with Crippen molar-refractivity contribution in [3.63, 3.8) is 0 Å². The quantitative estimate of drug-likeness (QED) is 0.694. The van der Waals surface area contributed by atoms with E-state index in [1.54, 1.807) is 12.4 Å². The molecule has 5 heteroatoms. The molecule has 0 bridgehead atoms. The Morgan fingerprint density at radius 1 is 1.10 bits per heavy atom. The molecule has 1 saturated carbocycles. The van der Waals surface area contributed by atoms with E-state index in [4.69, 9.17) is 16.3 Å². The molecule has 1 aliphatic carbocycles. The molecule has 1 fully saturated rings. The Balaban J connectivity index is 1.76. The van der Waals surface area contributed by atoms with E-state index in [0.717, 1.165) is 4.47 Å². The first kappa shape index (κ1) is 14.8. The van der Waals surface area contributed by atoms with E-state index in [1.165, 1.54) is 37.7 Å². The number of hydrogen-bond acceptors (Lipinski definition) is 3. The van der Waals surface area contributed by atoms with Crippen molar-refractivity contribution in [2.75, 3.05) is 0 Å². The maximum absolute atomic E-state index is 6.34. The van der Waals surface area contributed by atoms with Crippen molar-refractivity contribution in [2.24, 2.45) is 0 Å². The van der Waals surface area contributed by atoms with Crippen molar-refractivity contribution < 1.29 is 4.74 Å². The third-order valence-corrected chi connectivity index (χ3v) is 4.54. The Bertz CT molecular complexity index is 612. The van der Waals surface area contributed by atoms with E-state index in [9.17, 15) is 0 Å². The second-order valence-corrected chi connectivity index (χ2v) is 6.63. The molecule has 3 rings (SSSR count). The summed E-state index contributed by atoms with van der Waals surface area (Å²) in [6.07, 6.45) is 9.78. The molecule has 1 aromatic carbocycles. The molecule has 1 heterocycles. The highest BCUT2D eigenvalue weighted by Crippen LogP contribution is 2.36. The van der Waals surface area contributed by atoms with Gasteiger partial charge in [-0.2, -0.15) is 0 Å². The third-order valence-electron chi connectivity index (χ3n) is 3.83. The Morgan fingerprint density at radius 3 is 2.48 bits per heavy atom. The first-order chi connectivity index (χ1) is 10.2. The summed E-state index contributed by atoms with van der Waals surface area (Å²) in [7, 11) is 0. The first-order valence-corrected chi connectivity index (χ1v) is 8.34. The van der Waals surface area contributed by atoms with Crippen LogP contribution in [-0.2, 0) is 0 Å². The van der Waals surface area contributed by atoms with Gasteiger partial charge in [-0.15, -0.1) is 0 Å². The van der Waals surface area contributed by atoms with Crippen LogP contribution < -0.4 is 4.74 Å². The number of ether oxygens (including phenoxy) is 1. The van der Waals surface area contributed by atoms with Crippen LogP contribution in [0.2, 0.25) is 5.02 Å². The molecular formula is C16H16BrClN2O. The minimum Gasteiger partial charge on any atom is -0.423 e. The summed E-state index contributed by atoms with van der Waals surface area (Å²) in [6, 6.07) is 6.34. The van der Waals surface area contributed by atoms with E-state index in [0.29, 0.717) is 22.7 Å². The topological polar surface area (TPSA) is 35.0 Å². The van der Waals surface area contributed by atoms with E-state index < -0.39 is 0 Å². The zero-order valence-corrected chi connectivity index (χ0v) is 13.9. The molecule has 0 amide bonds. The maximum atomic E-state index is 6.34. The van der Waals surface area contributed by atoms with Gasteiger partial charge in [-0.3, -0.25) is 0 Å². The number of benzene rings is 1. The lowest BCUT2D eigenvalue weighted by atomic mass is 9.84. The minimum atomic E-state index is 0.297. The van der Waals surface area contributed by atoms with E-state index in [2.05, 4.69) is 32.0 Å². The van der Waals surface area contributed by atoms with Crippen LogP contribution >= 0.6 is 27.5 Å². The molecule has 0 radical (unpaired) electrons. The van der Waals surface area contributed by atoms with Gasteiger partial charge in [-0.25, -0.2) is 9.97 Å². The van der Waals surface area contributed by atoms with Gasteiger partial charge in [0.15, 0.2) is 0 Å². The molecule has 0 atom stereocenters. The number of halogens is 2. The molecule has 1 aliphatic rings. The largest absolute Gasteiger partial charge is 0.423 e. The lowest BCUT2D eigenvalue weighted by Gasteiger charge is -2.22. The van der Waals surface area contributed by atoms with Gasteiger partial charge in [-0.05, 0) is 52.4 Å².